The summed E-state index contributed by atoms with van der Waals surface area (Å²) in [5.41, 5.74) is 10.5. The number of fused-ring (bicyclic) bond motifs is 4. The molecule has 0 radical (unpaired) electrons. The molecule has 3 aromatic rings. The minimum atomic E-state index is 0.968. The second-order valence-corrected chi connectivity index (χ2v) is 5.95. The second kappa shape index (κ2) is 3.92. The first kappa shape index (κ1) is 11.7. The largest absolute Gasteiger partial charge is 0.252 e. The van der Waals surface area contributed by atoms with Gasteiger partial charge in [-0.1, -0.05) is 23.8 Å². The van der Waals surface area contributed by atoms with Crippen molar-refractivity contribution in [2.75, 3.05) is 0 Å². The van der Waals surface area contributed by atoms with E-state index in [1.54, 1.807) is 0 Å². The Bertz CT molecular complexity index is 859. The lowest BCUT2D eigenvalue weighted by molar-refractivity contribution is 1.14. The zero-order valence-corrected chi connectivity index (χ0v) is 12.1. The number of aryl methyl sites for hydroxylation is 3. The fourth-order valence-corrected chi connectivity index (χ4v) is 3.16. The van der Waals surface area contributed by atoms with Crippen molar-refractivity contribution in [1.29, 1.82) is 0 Å². The average molecular weight is 259 g/mol. The summed E-state index contributed by atoms with van der Waals surface area (Å²) >= 11 is 0. The Morgan fingerprint density at radius 1 is 0.850 bits per heavy atom. The van der Waals surface area contributed by atoms with Crippen LogP contribution in [0.1, 0.15) is 27.9 Å². The van der Waals surface area contributed by atoms with E-state index in [9.17, 15) is 0 Å². The van der Waals surface area contributed by atoms with Crippen molar-refractivity contribution >= 4 is 10.9 Å². The van der Waals surface area contributed by atoms with E-state index in [4.69, 9.17) is 4.98 Å². The van der Waals surface area contributed by atoms with Gasteiger partial charge in [-0.15, -0.1) is 0 Å². The maximum absolute atomic E-state index is 4.87. The van der Waals surface area contributed by atoms with Gasteiger partial charge < -0.3 is 0 Å². The van der Waals surface area contributed by atoms with E-state index < -0.39 is 0 Å². The van der Waals surface area contributed by atoms with Gasteiger partial charge in [-0.3, -0.25) is 4.98 Å². The van der Waals surface area contributed by atoms with E-state index in [0.717, 1.165) is 11.9 Å². The molecule has 0 saturated heterocycles. The van der Waals surface area contributed by atoms with Gasteiger partial charge in [0.1, 0.15) is 0 Å². The predicted octanol–water partition coefficient (Wildman–Crippen LogP) is 4.73. The molecule has 1 heteroatoms. The third-order valence-electron chi connectivity index (χ3n) is 4.42. The summed E-state index contributed by atoms with van der Waals surface area (Å²) in [7, 11) is 0. The molecule has 1 aliphatic carbocycles. The molecule has 1 aliphatic rings. The summed E-state index contributed by atoms with van der Waals surface area (Å²) in [5.74, 6) is 0. The van der Waals surface area contributed by atoms with Crippen LogP contribution in [0.4, 0.5) is 0 Å². The number of nitrogens with zero attached hydrogens (tertiary/aromatic N) is 1. The number of rotatable bonds is 0. The fraction of sp³-hybridized carbons (Fsp3) is 0.211. The third-order valence-corrected chi connectivity index (χ3v) is 4.42. The molecular weight excluding hydrogens is 242 g/mol. The lowest BCUT2D eigenvalue weighted by Gasteiger charge is -2.06. The topological polar surface area (TPSA) is 12.9 Å². The number of hydrogen-bond acceptors (Lipinski definition) is 1. The van der Waals surface area contributed by atoms with Gasteiger partial charge in [-0.2, -0.15) is 0 Å². The van der Waals surface area contributed by atoms with Crippen molar-refractivity contribution in [3.05, 3.63) is 64.3 Å². The monoisotopic (exact) mass is 259 g/mol. The van der Waals surface area contributed by atoms with Gasteiger partial charge in [0, 0.05) is 17.4 Å². The quantitative estimate of drug-likeness (QED) is 0.445. The lowest BCUT2D eigenvalue weighted by Crippen LogP contribution is -1.88. The van der Waals surface area contributed by atoms with E-state index in [1.165, 1.54) is 44.5 Å². The zero-order chi connectivity index (χ0) is 13.9. The van der Waals surface area contributed by atoms with Crippen molar-refractivity contribution in [2.45, 2.75) is 27.2 Å². The lowest BCUT2D eigenvalue weighted by atomic mass is 9.99. The maximum atomic E-state index is 4.87. The highest BCUT2D eigenvalue weighted by Gasteiger charge is 2.21. The van der Waals surface area contributed by atoms with Crippen LogP contribution in [0.25, 0.3) is 22.0 Å². The van der Waals surface area contributed by atoms with Crippen LogP contribution >= 0.6 is 0 Å². The first-order chi connectivity index (χ1) is 9.61. The Labute approximate surface area is 119 Å². The summed E-state index contributed by atoms with van der Waals surface area (Å²) < 4.78 is 0. The number of benzene rings is 2. The van der Waals surface area contributed by atoms with Gasteiger partial charge >= 0.3 is 0 Å². The van der Waals surface area contributed by atoms with Crippen LogP contribution in [0.15, 0.2) is 36.4 Å². The summed E-state index contributed by atoms with van der Waals surface area (Å²) in [4.78, 5) is 4.87. The highest BCUT2D eigenvalue weighted by Crippen LogP contribution is 2.38. The molecular formula is C19H17N. The molecule has 0 N–H and O–H groups in total. The van der Waals surface area contributed by atoms with E-state index in [-0.39, 0.29) is 0 Å². The van der Waals surface area contributed by atoms with Crippen LogP contribution in [0.5, 0.6) is 0 Å². The minimum Gasteiger partial charge on any atom is -0.252 e. The Hall–Kier alpha value is -2.15. The van der Waals surface area contributed by atoms with Crippen LogP contribution in [0.2, 0.25) is 0 Å². The third kappa shape index (κ3) is 1.59. The van der Waals surface area contributed by atoms with Crippen molar-refractivity contribution in [1.82, 2.24) is 4.98 Å². The first-order valence-corrected chi connectivity index (χ1v) is 7.12. The predicted molar refractivity (Wildman–Crippen MR) is 84.2 cm³/mol. The fourth-order valence-electron chi connectivity index (χ4n) is 3.16. The standard InChI is InChI=1S/C19H17N/c1-11-4-5-18-15(6-11)9-17-16-8-13(3)12(2)7-14(16)10-19(17)20-18/h4-9H,10H2,1-3H3. The molecule has 1 heterocycles. The SMILES string of the molecule is Cc1ccc2nc3c(cc2c1)-c1cc(C)c(C)cc1C3. The Balaban J connectivity index is 2.02. The molecule has 0 bridgehead atoms. The molecule has 0 spiro atoms. The van der Waals surface area contributed by atoms with Crippen molar-refractivity contribution in [3.63, 3.8) is 0 Å². The first-order valence-electron chi connectivity index (χ1n) is 7.12. The summed E-state index contributed by atoms with van der Waals surface area (Å²) in [6.07, 6.45) is 0.968. The Morgan fingerprint density at radius 2 is 1.65 bits per heavy atom. The van der Waals surface area contributed by atoms with Crippen molar-refractivity contribution in [3.8, 4) is 11.1 Å². The molecule has 0 saturated carbocycles. The molecule has 98 valence electrons. The van der Waals surface area contributed by atoms with E-state index in [1.807, 2.05) is 0 Å². The molecule has 4 rings (SSSR count). The highest BCUT2D eigenvalue weighted by molar-refractivity contribution is 5.88. The highest BCUT2D eigenvalue weighted by atomic mass is 14.7. The minimum absolute atomic E-state index is 0.968. The number of pyridine rings is 1. The van der Waals surface area contributed by atoms with E-state index >= 15 is 0 Å². The molecule has 0 atom stereocenters. The van der Waals surface area contributed by atoms with Crippen LogP contribution in [-0.2, 0) is 6.42 Å². The molecule has 0 amide bonds. The van der Waals surface area contributed by atoms with Crippen LogP contribution in [0.3, 0.4) is 0 Å². The molecule has 1 nitrogen and oxygen atoms in total. The van der Waals surface area contributed by atoms with Gasteiger partial charge in [0.2, 0.25) is 0 Å². The van der Waals surface area contributed by atoms with Gasteiger partial charge in [-0.05, 0) is 61.2 Å². The van der Waals surface area contributed by atoms with Crippen LogP contribution in [0, 0.1) is 20.8 Å². The molecule has 0 fully saturated rings. The smallest absolute Gasteiger partial charge is 0.0706 e. The average Bonchev–Trinajstić information content (AvgIpc) is 2.74. The van der Waals surface area contributed by atoms with Gasteiger partial charge in [0.25, 0.3) is 0 Å². The molecule has 1 aromatic heterocycles. The number of hydrogen-bond donors (Lipinski definition) is 0. The maximum Gasteiger partial charge on any atom is 0.0706 e. The summed E-state index contributed by atoms with van der Waals surface area (Å²) in [5, 5.41) is 1.25. The molecule has 0 aliphatic heterocycles. The van der Waals surface area contributed by atoms with Crippen molar-refractivity contribution in [2.24, 2.45) is 0 Å². The van der Waals surface area contributed by atoms with Crippen molar-refractivity contribution < 1.29 is 0 Å². The second-order valence-electron chi connectivity index (χ2n) is 5.95. The van der Waals surface area contributed by atoms with Gasteiger partial charge in [0.15, 0.2) is 0 Å². The molecule has 2 aromatic carbocycles. The molecule has 0 unspecified atom stereocenters. The van der Waals surface area contributed by atoms with E-state index in [0.29, 0.717) is 0 Å². The molecule has 20 heavy (non-hydrogen) atoms. The normalized spacial score (nSPS) is 12.6. The Kier molecular flexibility index (Phi) is 2.29. The summed E-state index contributed by atoms with van der Waals surface area (Å²) in [6, 6.07) is 13.4. The van der Waals surface area contributed by atoms with Crippen LogP contribution in [-0.4, -0.2) is 4.98 Å². The number of aromatic nitrogens is 1. The summed E-state index contributed by atoms with van der Waals surface area (Å²) in [6.45, 7) is 6.51. The zero-order valence-electron chi connectivity index (χ0n) is 12.1. The van der Waals surface area contributed by atoms with Gasteiger partial charge in [-0.25, -0.2) is 0 Å². The Morgan fingerprint density at radius 3 is 2.50 bits per heavy atom. The van der Waals surface area contributed by atoms with E-state index in [2.05, 4.69) is 57.2 Å². The van der Waals surface area contributed by atoms with Gasteiger partial charge in [0.05, 0.1) is 11.2 Å². The van der Waals surface area contributed by atoms with Crippen LogP contribution < -0.4 is 0 Å².